The van der Waals surface area contributed by atoms with E-state index >= 15 is 0 Å². The van der Waals surface area contributed by atoms with Gasteiger partial charge in [-0.25, -0.2) is 0 Å². The summed E-state index contributed by atoms with van der Waals surface area (Å²) >= 11 is 0. The Bertz CT molecular complexity index is 607. The molecule has 0 atom stereocenters. The maximum Gasteiger partial charge on any atom is 0.153 e. The number of nitrogens with zero attached hydrogens (tertiary/aromatic N) is 1. The quantitative estimate of drug-likeness (QED) is 0.814. The minimum Gasteiger partial charge on any atom is -0.455 e. The number of para-hydroxylation sites is 1. The summed E-state index contributed by atoms with van der Waals surface area (Å²) in [7, 11) is 0. The molecule has 0 aliphatic heterocycles. The molecule has 0 fully saturated rings. The van der Waals surface area contributed by atoms with Crippen LogP contribution in [0.25, 0.3) is 0 Å². The van der Waals surface area contributed by atoms with Gasteiger partial charge in [-0.2, -0.15) is 5.26 Å². The number of anilines is 1. The van der Waals surface area contributed by atoms with Crippen LogP contribution in [-0.2, 0) is 0 Å². The molecular weight excluding hydrogens is 224 g/mol. The van der Waals surface area contributed by atoms with Gasteiger partial charge in [-0.3, -0.25) is 0 Å². The summed E-state index contributed by atoms with van der Waals surface area (Å²) in [4.78, 5) is 0. The van der Waals surface area contributed by atoms with E-state index in [9.17, 15) is 0 Å². The van der Waals surface area contributed by atoms with Gasteiger partial charge in [0.2, 0.25) is 0 Å². The molecule has 2 aromatic rings. The van der Waals surface area contributed by atoms with Crippen molar-refractivity contribution in [2.45, 2.75) is 13.8 Å². The number of nitriles is 1. The molecule has 0 heterocycles. The number of ether oxygens (including phenoxy) is 1. The first-order valence-electron chi connectivity index (χ1n) is 5.65. The summed E-state index contributed by atoms with van der Waals surface area (Å²) in [6.45, 7) is 3.83. The van der Waals surface area contributed by atoms with E-state index in [1.54, 1.807) is 18.2 Å². The number of hydrogen-bond donors (Lipinski definition) is 1. The minimum absolute atomic E-state index is 0.608. The molecule has 0 spiro atoms. The summed E-state index contributed by atoms with van der Waals surface area (Å²) in [5.74, 6) is 1.36. The van der Waals surface area contributed by atoms with Crippen molar-refractivity contribution in [2.24, 2.45) is 0 Å². The van der Waals surface area contributed by atoms with Crippen LogP contribution in [0.5, 0.6) is 11.5 Å². The molecule has 0 aliphatic carbocycles. The molecule has 18 heavy (non-hydrogen) atoms. The Labute approximate surface area is 106 Å². The van der Waals surface area contributed by atoms with Crippen molar-refractivity contribution in [2.75, 3.05) is 5.73 Å². The Morgan fingerprint density at radius 3 is 2.50 bits per heavy atom. The second-order valence-electron chi connectivity index (χ2n) is 4.18. The van der Waals surface area contributed by atoms with Gasteiger partial charge in [0, 0.05) is 0 Å². The summed E-state index contributed by atoms with van der Waals surface area (Å²) in [6, 6.07) is 13.1. The minimum atomic E-state index is 0.608. The molecule has 0 radical (unpaired) electrons. The number of aryl methyl sites for hydroxylation is 2. The summed E-state index contributed by atoms with van der Waals surface area (Å²) in [5, 5.41) is 8.88. The molecule has 0 unspecified atom stereocenters. The van der Waals surface area contributed by atoms with E-state index in [-0.39, 0.29) is 0 Å². The first-order valence-corrected chi connectivity index (χ1v) is 5.65. The van der Waals surface area contributed by atoms with Gasteiger partial charge in [0.1, 0.15) is 5.75 Å². The van der Waals surface area contributed by atoms with E-state index < -0.39 is 0 Å². The Morgan fingerprint density at radius 1 is 1.11 bits per heavy atom. The zero-order valence-electron chi connectivity index (χ0n) is 10.4. The predicted molar refractivity (Wildman–Crippen MR) is 71.6 cm³/mol. The molecule has 3 heteroatoms. The van der Waals surface area contributed by atoms with Crippen LogP contribution < -0.4 is 10.5 Å². The summed E-state index contributed by atoms with van der Waals surface area (Å²) in [6.07, 6.45) is 0. The highest BCUT2D eigenvalue weighted by molar-refractivity contribution is 5.58. The fourth-order valence-electron chi connectivity index (χ4n) is 1.76. The molecule has 3 nitrogen and oxygen atoms in total. The smallest absolute Gasteiger partial charge is 0.153 e. The fourth-order valence-corrected chi connectivity index (χ4v) is 1.76. The van der Waals surface area contributed by atoms with Crippen molar-refractivity contribution in [3.05, 3.63) is 53.1 Å². The van der Waals surface area contributed by atoms with Gasteiger partial charge in [0.05, 0.1) is 17.3 Å². The number of nitrogen functional groups attached to an aromatic ring is 1. The maximum atomic E-state index is 8.88. The fraction of sp³-hybridized carbons (Fsp3) is 0.133. The van der Waals surface area contributed by atoms with Gasteiger partial charge >= 0.3 is 0 Å². The molecule has 90 valence electrons. The van der Waals surface area contributed by atoms with E-state index in [4.69, 9.17) is 15.7 Å². The van der Waals surface area contributed by atoms with Crippen molar-refractivity contribution in [1.29, 1.82) is 5.26 Å². The first-order chi connectivity index (χ1) is 8.61. The Kier molecular flexibility index (Phi) is 3.20. The van der Waals surface area contributed by atoms with Gasteiger partial charge < -0.3 is 10.5 Å². The van der Waals surface area contributed by atoms with Crippen LogP contribution in [0.1, 0.15) is 16.7 Å². The Morgan fingerprint density at radius 2 is 1.89 bits per heavy atom. The zero-order chi connectivity index (χ0) is 13.1. The van der Waals surface area contributed by atoms with Crippen molar-refractivity contribution in [1.82, 2.24) is 0 Å². The Hall–Kier alpha value is -2.47. The van der Waals surface area contributed by atoms with E-state index in [1.807, 2.05) is 32.0 Å². The third-order valence-corrected chi connectivity index (χ3v) is 2.78. The van der Waals surface area contributed by atoms with Crippen LogP contribution in [0.2, 0.25) is 0 Å². The Balaban J connectivity index is 2.35. The van der Waals surface area contributed by atoms with Crippen LogP contribution in [0.3, 0.4) is 0 Å². The average molecular weight is 238 g/mol. The predicted octanol–water partition coefficient (Wildman–Crippen LogP) is 3.55. The van der Waals surface area contributed by atoms with Crippen LogP contribution in [0, 0.1) is 25.2 Å². The first kappa shape index (κ1) is 12.0. The molecule has 0 saturated heterocycles. The number of rotatable bonds is 2. The van der Waals surface area contributed by atoms with E-state index in [0.29, 0.717) is 22.7 Å². The molecule has 0 bridgehead atoms. The highest BCUT2D eigenvalue weighted by Crippen LogP contribution is 2.31. The second kappa shape index (κ2) is 4.80. The largest absolute Gasteiger partial charge is 0.455 e. The summed E-state index contributed by atoms with van der Waals surface area (Å²) in [5.41, 5.74) is 9.02. The van der Waals surface area contributed by atoms with Gasteiger partial charge in [0.15, 0.2) is 5.75 Å². The van der Waals surface area contributed by atoms with Gasteiger partial charge in [-0.05, 0) is 49.2 Å². The molecule has 0 saturated carbocycles. The number of hydrogen-bond acceptors (Lipinski definition) is 3. The van der Waals surface area contributed by atoms with E-state index in [2.05, 4.69) is 6.07 Å². The molecule has 0 aromatic heterocycles. The standard InChI is InChI=1S/C15H14N2O/c1-10-4-3-5-14(17)15(10)18-13-7-6-12(9-16)11(2)8-13/h3-8H,17H2,1-2H3. The molecule has 2 rings (SSSR count). The van der Waals surface area contributed by atoms with Crippen LogP contribution in [0.15, 0.2) is 36.4 Å². The van der Waals surface area contributed by atoms with E-state index in [0.717, 1.165) is 11.1 Å². The van der Waals surface area contributed by atoms with Crippen molar-refractivity contribution >= 4 is 5.69 Å². The van der Waals surface area contributed by atoms with E-state index in [1.165, 1.54) is 0 Å². The number of benzene rings is 2. The second-order valence-corrected chi connectivity index (χ2v) is 4.18. The normalized spacial score (nSPS) is 9.83. The lowest BCUT2D eigenvalue weighted by molar-refractivity contribution is 0.481. The lowest BCUT2D eigenvalue weighted by Gasteiger charge is -2.11. The average Bonchev–Trinajstić information content (AvgIpc) is 2.34. The highest BCUT2D eigenvalue weighted by atomic mass is 16.5. The number of nitrogens with two attached hydrogens (primary N) is 1. The summed E-state index contributed by atoms with van der Waals surface area (Å²) < 4.78 is 5.79. The van der Waals surface area contributed by atoms with Crippen LogP contribution in [-0.4, -0.2) is 0 Å². The van der Waals surface area contributed by atoms with Crippen LogP contribution >= 0.6 is 0 Å². The van der Waals surface area contributed by atoms with Crippen LogP contribution in [0.4, 0.5) is 5.69 Å². The van der Waals surface area contributed by atoms with Gasteiger partial charge in [-0.1, -0.05) is 12.1 Å². The SMILES string of the molecule is Cc1cc(Oc2c(C)cccc2N)ccc1C#N. The lowest BCUT2D eigenvalue weighted by Crippen LogP contribution is -1.95. The van der Waals surface area contributed by atoms with Gasteiger partial charge in [-0.15, -0.1) is 0 Å². The molecule has 2 aromatic carbocycles. The zero-order valence-corrected chi connectivity index (χ0v) is 10.4. The van der Waals surface area contributed by atoms with Gasteiger partial charge in [0.25, 0.3) is 0 Å². The maximum absolute atomic E-state index is 8.88. The van der Waals surface area contributed by atoms with Crippen molar-refractivity contribution in [3.63, 3.8) is 0 Å². The monoisotopic (exact) mass is 238 g/mol. The molecular formula is C15H14N2O. The highest BCUT2D eigenvalue weighted by Gasteiger charge is 2.06. The lowest BCUT2D eigenvalue weighted by atomic mass is 10.1. The molecule has 0 aliphatic rings. The third kappa shape index (κ3) is 2.28. The topological polar surface area (TPSA) is 59.0 Å². The third-order valence-electron chi connectivity index (χ3n) is 2.78. The van der Waals surface area contributed by atoms with Crippen molar-refractivity contribution in [3.8, 4) is 17.6 Å². The molecule has 0 amide bonds. The van der Waals surface area contributed by atoms with Crippen molar-refractivity contribution < 1.29 is 4.74 Å². The molecule has 2 N–H and O–H groups in total.